The van der Waals surface area contributed by atoms with E-state index in [0.717, 1.165) is 17.2 Å². The average Bonchev–Trinajstić information content (AvgIpc) is 2.97. The molecule has 1 heterocycles. The van der Waals surface area contributed by atoms with Crippen molar-refractivity contribution in [2.45, 2.75) is 6.42 Å². The first-order valence-electron chi connectivity index (χ1n) is 6.80. The van der Waals surface area contributed by atoms with Crippen LogP contribution in [0.25, 0.3) is 0 Å². The lowest BCUT2D eigenvalue weighted by molar-refractivity contribution is -0.120. The number of nitrogens with one attached hydrogen (secondary N) is 1. The van der Waals surface area contributed by atoms with Crippen LogP contribution in [0, 0.1) is 0 Å². The molecule has 0 unspecified atom stereocenters. The molecule has 0 radical (unpaired) electrons. The van der Waals surface area contributed by atoms with Gasteiger partial charge in [0, 0.05) is 20.2 Å². The number of carbonyl (C=O) groups excluding carboxylic acids is 1. The van der Waals surface area contributed by atoms with E-state index in [4.69, 9.17) is 9.15 Å². The van der Waals surface area contributed by atoms with Gasteiger partial charge in [0.2, 0.25) is 5.91 Å². The Bertz CT molecular complexity index is 645. The number of rotatable bonds is 6. The third kappa shape index (κ3) is 4.37. The van der Waals surface area contributed by atoms with Crippen LogP contribution in [0.3, 0.4) is 0 Å². The van der Waals surface area contributed by atoms with Crippen LogP contribution in [-0.2, 0) is 11.2 Å². The maximum absolute atomic E-state index is 11.8. The molecule has 0 aliphatic rings. The standard InChI is InChI=1S/C16H19N3O3/c1-19(2)16-9-8-14(22-16)11-17-18-15(20)10-12-4-6-13(21-3)7-5-12/h4-9,11H,10H2,1-3H3,(H,18,20)/b17-11+. The van der Waals surface area contributed by atoms with Gasteiger partial charge in [0.1, 0.15) is 11.5 Å². The fraction of sp³-hybridized carbons (Fsp3) is 0.250. The fourth-order valence-corrected chi connectivity index (χ4v) is 1.79. The highest BCUT2D eigenvalue weighted by Crippen LogP contribution is 2.14. The third-order valence-electron chi connectivity index (χ3n) is 2.96. The summed E-state index contributed by atoms with van der Waals surface area (Å²) in [5.41, 5.74) is 3.36. The normalized spacial score (nSPS) is 10.7. The van der Waals surface area contributed by atoms with E-state index < -0.39 is 0 Å². The zero-order chi connectivity index (χ0) is 15.9. The second-order valence-electron chi connectivity index (χ2n) is 4.89. The van der Waals surface area contributed by atoms with Gasteiger partial charge in [0.25, 0.3) is 0 Å². The number of nitrogens with zero attached hydrogens (tertiary/aromatic N) is 2. The largest absolute Gasteiger partial charge is 0.497 e. The molecule has 1 amide bonds. The van der Waals surface area contributed by atoms with Crippen molar-refractivity contribution in [2.24, 2.45) is 5.10 Å². The third-order valence-corrected chi connectivity index (χ3v) is 2.96. The van der Waals surface area contributed by atoms with Crippen molar-refractivity contribution in [1.82, 2.24) is 5.43 Å². The van der Waals surface area contributed by atoms with Crippen LogP contribution >= 0.6 is 0 Å². The van der Waals surface area contributed by atoms with Crippen molar-refractivity contribution < 1.29 is 13.9 Å². The summed E-state index contributed by atoms with van der Waals surface area (Å²) in [6.07, 6.45) is 1.72. The molecule has 22 heavy (non-hydrogen) atoms. The molecular weight excluding hydrogens is 282 g/mol. The first-order chi connectivity index (χ1) is 10.6. The molecule has 2 aromatic rings. The van der Waals surface area contributed by atoms with Crippen LogP contribution < -0.4 is 15.1 Å². The lowest BCUT2D eigenvalue weighted by atomic mass is 10.1. The molecule has 0 saturated heterocycles. The molecule has 116 valence electrons. The molecule has 1 aromatic heterocycles. The molecule has 0 saturated carbocycles. The molecule has 2 rings (SSSR count). The molecule has 0 aliphatic carbocycles. The summed E-state index contributed by atoms with van der Waals surface area (Å²) in [6, 6.07) is 10.9. The first kappa shape index (κ1) is 15.6. The number of anilines is 1. The van der Waals surface area contributed by atoms with Gasteiger partial charge in [-0.1, -0.05) is 12.1 Å². The van der Waals surface area contributed by atoms with Crippen LogP contribution in [0.1, 0.15) is 11.3 Å². The average molecular weight is 301 g/mol. The van der Waals surface area contributed by atoms with Crippen molar-refractivity contribution in [3.05, 3.63) is 47.7 Å². The SMILES string of the molecule is COc1ccc(CC(=O)N/N=C/c2ccc(N(C)C)o2)cc1. The number of hydrogen-bond donors (Lipinski definition) is 1. The lowest BCUT2D eigenvalue weighted by Gasteiger charge is -2.05. The van der Waals surface area contributed by atoms with Crippen molar-refractivity contribution >= 4 is 18.0 Å². The van der Waals surface area contributed by atoms with Gasteiger partial charge >= 0.3 is 0 Å². The fourth-order valence-electron chi connectivity index (χ4n) is 1.79. The summed E-state index contributed by atoms with van der Waals surface area (Å²) in [7, 11) is 5.37. The van der Waals surface area contributed by atoms with Crippen LogP contribution in [0.15, 0.2) is 45.9 Å². The van der Waals surface area contributed by atoms with Gasteiger partial charge in [-0.2, -0.15) is 5.10 Å². The number of benzene rings is 1. The van der Waals surface area contributed by atoms with Gasteiger partial charge in [-0.25, -0.2) is 5.43 Å². The molecule has 0 fully saturated rings. The molecule has 6 heteroatoms. The van der Waals surface area contributed by atoms with E-state index >= 15 is 0 Å². The lowest BCUT2D eigenvalue weighted by Crippen LogP contribution is -2.19. The minimum absolute atomic E-state index is 0.194. The maximum atomic E-state index is 11.8. The zero-order valence-corrected chi connectivity index (χ0v) is 12.9. The highest BCUT2D eigenvalue weighted by molar-refractivity contribution is 5.82. The Hall–Kier alpha value is -2.76. The summed E-state index contributed by atoms with van der Waals surface area (Å²) in [5.74, 6) is 1.87. The van der Waals surface area contributed by atoms with E-state index in [1.54, 1.807) is 13.2 Å². The van der Waals surface area contributed by atoms with E-state index in [9.17, 15) is 4.79 Å². The topological polar surface area (TPSA) is 67.1 Å². The van der Waals surface area contributed by atoms with Gasteiger partial charge in [-0.15, -0.1) is 0 Å². The molecule has 0 bridgehead atoms. The summed E-state index contributed by atoms with van der Waals surface area (Å²) in [6.45, 7) is 0. The quantitative estimate of drug-likeness (QED) is 0.655. The Kier molecular flexibility index (Phi) is 5.19. The van der Waals surface area contributed by atoms with Crippen molar-refractivity contribution in [3.8, 4) is 5.75 Å². The summed E-state index contributed by atoms with van der Waals surface area (Å²) in [4.78, 5) is 13.6. The maximum Gasteiger partial charge on any atom is 0.244 e. The van der Waals surface area contributed by atoms with Crippen LogP contribution in [0.4, 0.5) is 5.88 Å². The van der Waals surface area contributed by atoms with E-state index in [0.29, 0.717) is 5.76 Å². The second-order valence-corrected chi connectivity index (χ2v) is 4.89. The van der Waals surface area contributed by atoms with Gasteiger partial charge in [0.15, 0.2) is 5.88 Å². The van der Waals surface area contributed by atoms with Gasteiger partial charge < -0.3 is 14.1 Å². The number of carbonyl (C=O) groups is 1. The van der Waals surface area contributed by atoms with E-state index in [-0.39, 0.29) is 12.3 Å². The summed E-state index contributed by atoms with van der Waals surface area (Å²) < 4.78 is 10.6. The van der Waals surface area contributed by atoms with Crippen molar-refractivity contribution in [2.75, 3.05) is 26.1 Å². The van der Waals surface area contributed by atoms with E-state index in [1.807, 2.05) is 49.3 Å². The van der Waals surface area contributed by atoms with Gasteiger partial charge in [-0.05, 0) is 23.8 Å². The van der Waals surface area contributed by atoms with Crippen LogP contribution in [0.2, 0.25) is 0 Å². The highest BCUT2D eigenvalue weighted by Gasteiger charge is 2.03. The van der Waals surface area contributed by atoms with Crippen LogP contribution in [-0.4, -0.2) is 33.3 Å². The molecule has 0 atom stereocenters. The number of hydrogen-bond acceptors (Lipinski definition) is 5. The van der Waals surface area contributed by atoms with E-state index in [2.05, 4.69) is 10.5 Å². The second kappa shape index (κ2) is 7.31. The molecule has 0 spiro atoms. The zero-order valence-electron chi connectivity index (χ0n) is 12.9. The Morgan fingerprint density at radius 2 is 2.00 bits per heavy atom. The van der Waals surface area contributed by atoms with Crippen molar-refractivity contribution in [3.63, 3.8) is 0 Å². The Balaban J connectivity index is 1.84. The number of hydrazone groups is 1. The van der Waals surface area contributed by atoms with E-state index in [1.165, 1.54) is 6.21 Å². The molecular formula is C16H19N3O3. The Labute approximate surface area is 129 Å². The van der Waals surface area contributed by atoms with Gasteiger partial charge in [-0.3, -0.25) is 4.79 Å². The van der Waals surface area contributed by atoms with Gasteiger partial charge in [0.05, 0.1) is 19.7 Å². The minimum atomic E-state index is -0.194. The van der Waals surface area contributed by atoms with Crippen molar-refractivity contribution in [1.29, 1.82) is 0 Å². The first-order valence-corrected chi connectivity index (χ1v) is 6.80. The predicted octanol–water partition coefficient (Wildman–Crippen LogP) is 2.05. The number of amides is 1. The Morgan fingerprint density at radius 3 is 2.59 bits per heavy atom. The van der Waals surface area contributed by atoms with Crippen LogP contribution in [0.5, 0.6) is 5.75 Å². The molecule has 1 N–H and O–H groups in total. The Morgan fingerprint density at radius 1 is 1.27 bits per heavy atom. The molecule has 0 aliphatic heterocycles. The number of furan rings is 1. The predicted molar refractivity (Wildman–Crippen MR) is 85.5 cm³/mol. The monoisotopic (exact) mass is 301 g/mol. The summed E-state index contributed by atoms with van der Waals surface area (Å²) >= 11 is 0. The molecule has 1 aromatic carbocycles. The number of methoxy groups -OCH3 is 1. The highest BCUT2D eigenvalue weighted by atomic mass is 16.5. The molecule has 6 nitrogen and oxygen atoms in total. The minimum Gasteiger partial charge on any atom is -0.497 e. The smallest absolute Gasteiger partial charge is 0.244 e. The summed E-state index contributed by atoms with van der Waals surface area (Å²) in [5, 5.41) is 3.88. The number of ether oxygens (including phenoxy) is 1.